The first-order valence-corrected chi connectivity index (χ1v) is 7.51. The van der Waals surface area contributed by atoms with Gasteiger partial charge in [0.2, 0.25) is 0 Å². The highest BCUT2D eigenvalue weighted by atomic mass is 16.4. The van der Waals surface area contributed by atoms with E-state index in [1.807, 2.05) is 0 Å². The van der Waals surface area contributed by atoms with Crippen LogP contribution in [0.2, 0.25) is 0 Å². The third-order valence-corrected chi connectivity index (χ3v) is 5.88. The number of aromatic carboxylic acids is 1. The second-order valence-electron chi connectivity index (χ2n) is 8.25. The van der Waals surface area contributed by atoms with E-state index in [0.29, 0.717) is 22.5 Å². The molecular weight excluding hydrogens is 254 g/mol. The molecule has 20 heavy (non-hydrogen) atoms. The molecule has 0 spiro atoms. The molecule has 1 heterocycles. The van der Waals surface area contributed by atoms with Gasteiger partial charge in [0.15, 0.2) is 12.1 Å². The summed E-state index contributed by atoms with van der Waals surface area (Å²) in [6.45, 7) is 4.75. The topological polar surface area (TPSA) is 63.3 Å². The molecule has 5 rings (SSSR count). The zero-order valence-corrected chi connectivity index (χ0v) is 12.1. The minimum atomic E-state index is -0.959. The molecule has 4 nitrogen and oxygen atoms in total. The number of carboxylic acids is 1. The predicted molar refractivity (Wildman–Crippen MR) is 72.5 cm³/mol. The zero-order valence-electron chi connectivity index (χ0n) is 12.1. The average molecular weight is 275 g/mol. The van der Waals surface area contributed by atoms with Crippen LogP contribution < -0.4 is 0 Å². The van der Waals surface area contributed by atoms with Crippen molar-refractivity contribution in [1.29, 1.82) is 0 Å². The molecule has 4 heteroatoms. The second kappa shape index (κ2) is 3.46. The van der Waals surface area contributed by atoms with E-state index in [4.69, 9.17) is 4.42 Å². The molecule has 2 atom stereocenters. The lowest BCUT2D eigenvalue weighted by Crippen LogP contribution is -2.57. The van der Waals surface area contributed by atoms with Crippen molar-refractivity contribution in [2.75, 3.05) is 0 Å². The van der Waals surface area contributed by atoms with Crippen LogP contribution in [0.3, 0.4) is 0 Å². The Balaban J connectivity index is 1.85. The Labute approximate surface area is 118 Å². The molecule has 2 unspecified atom stereocenters. The van der Waals surface area contributed by atoms with Crippen molar-refractivity contribution in [1.82, 2.24) is 4.98 Å². The maximum atomic E-state index is 11.4. The number of nitrogens with zero attached hydrogens (tertiary/aromatic N) is 1. The summed E-state index contributed by atoms with van der Waals surface area (Å²) < 4.78 is 5.61. The second-order valence-corrected chi connectivity index (χ2v) is 8.25. The maximum Gasteiger partial charge on any atom is 0.358 e. The number of hydrogen-bond donors (Lipinski definition) is 1. The monoisotopic (exact) mass is 275 g/mol. The van der Waals surface area contributed by atoms with E-state index in [2.05, 4.69) is 18.8 Å². The lowest BCUT2D eigenvalue weighted by molar-refractivity contribution is -0.116. The van der Waals surface area contributed by atoms with Crippen LogP contribution in [0.15, 0.2) is 10.8 Å². The summed E-state index contributed by atoms with van der Waals surface area (Å²) in [5.41, 5.74) is 0.736. The third kappa shape index (κ3) is 1.54. The van der Waals surface area contributed by atoms with Gasteiger partial charge in [-0.15, -0.1) is 0 Å². The van der Waals surface area contributed by atoms with Crippen molar-refractivity contribution in [2.45, 2.75) is 57.8 Å². The molecule has 4 aliphatic rings. The van der Waals surface area contributed by atoms with Gasteiger partial charge in [0.05, 0.1) is 0 Å². The number of carboxylic acid groups (broad SMARTS) is 1. The third-order valence-electron chi connectivity index (χ3n) is 5.88. The van der Waals surface area contributed by atoms with Crippen LogP contribution in [-0.2, 0) is 5.41 Å². The van der Waals surface area contributed by atoms with E-state index in [0.717, 1.165) is 19.3 Å². The summed E-state index contributed by atoms with van der Waals surface area (Å²) in [5.74, 6) is 0.402. The summed E-state index contributed by atoms with van der Waals surface area (Å²) in [6, 6.07) is 0. The van der Waals surface area contributed by atoms with Crippen molar-refractivity contribution >= 4 is 5.97 Å². The van der Waals surface area contributed by atoms with Gasteiger partial charge in [0, 0.05) is 5.41 Å². The summed E-state index contributed by atoms with van der Waals surface area (Å²) in [4.78, 5) is 15.4. The minimum Gasteiger partial charge on any atom is -0.476 e. The average Bonchev–Trinajstić information content (AvgIpc) is 2.72. The first-order chi connectivity index (χ1) is 9.33. The molecule has 1 N–H and O–H groups in total. The number of aromatic nitrogens is 1. The molecule has 108 valence electrons. The van der Waals surface area contributed by atoms with Gasteiger partial charge in [-0.05, 0) is 55.3 Å². The normalized spacial score (nSPS) is 45.8. The standard InChI is InChI=1S/C16H21NO3/c1-14-3-10-4-15(2,6-14)8-16(5-10,7-14)12-11(13(18)19)17-9-20-12/h9-10H,3-8H2,1-2H3,(H,18,19). The van der Waals surface area contributed by atoms with Crippen LogP contribution in [0.5, 0.6) is 0 Å². The van der Waals surface area contributed by atoms with E-state index in [9.17, 15) is 9.90 Å². The van der Waals surface area contributed by atoms with Crippen LogP contribution in [-0.4, -0.2) is 16.1 Å². The predicted octanol–water partition coefficient (Wildman–Crippen LogP) is 3.62. The van der Waals surface area contributed by atoms with E-state index in [-0.39, 0.29) is 11.1 Å². The molecule has 0 radical (unpaired) electrons. The largest absolute Gasteiger partial charge is 0.476 e. The molecule has 4 bridgehead atoms. The zero-order chi connectivity index (χ0) is 14.2. The number of carbonyl (C=O) groups is 1. The fourth-order valence-corrected chi connectivity index (χ4v) is 6.48. The summed E-state index contributed by atoms with van der Waals surface area (Å²) in [5, 5.41) is 9.36. The molecule has 1 aromatic rings. The number of rotatable bonds is 2. The van der Waals surface area contributed by atoms with Gasteiger partial charge in [-0.2, -0.15) is 0 Å². The highest BCUT2D eigenvalue weighted by Crippen LogP contribution is 2.70. The molecule has 0 amide bonds. The Morgan fingerprint density at radius 1 is 1.25 bits per heavy atom. The van der Waals surface area contributed by atoms with Crippen LogP contribution in [0.25, 0.3) is 0 Å². The van der Waals surface area contributed by atoms with Crippen molar-refractivity contribution in [3.8, 4) is 0 Å². The van der Waals surface area contributed by atoms with Crippen LogP contribution >= 0.6 is 0 Å². The summed E-state index contributed by atoms with van der Waals surface area (Å²) in [7, 11) is 0. The highest BCUT2D eigenvalue weighted by Gasteiger charge is 2.62. The van der Waals surface area contributed by atoms with E-state index in [1.54, 1.807) is 0 Å². The molecule has 0 saturated heterocycles. The van der Waals surface area contributed by atoms with Crippen molar-refractivity contribution in [2.24, 2.45) is 16.7 Å². The summed E-state index contributed by atoms with van der Waals surface area (Å²) in [6.07, 6.45) is 8.36. The number of hydrogen-bond acceptors (Lipinski definition) is 3. The molecule has 1 aromatic heterocycles. The molecule has 0 aliphatic heterocycles. The van der Waals surface area contributed by atoms with Crippen LogP contribution in [0, 0.1) is 16.7 Å². The number of oxazole rings is 1. The van der Waals surface area contributed by atoms with Gasteiger partial charge < -0.3 is 9.52 Å². The van der Waals surface area contributed by atoms with Gasteiger partial charge in [-0.1, -0.05) is 13.8 Å². The highest BCUT2D eigenvalue weighted by molar-refractivity contribution is 5.86. The van der Waals surface area contributed by atoms with E-state index in [1.165, 1.54) is 25.7 Å². The maximum absolute atomic E-state index is 11.4. The lowest BCUT2D eigenvalue weighted by Gasteiger charge is -2.64. The Bertz CT molecular complexity index is 572. The Morgan fingerprint density at radius 2 is 1.90 bits per heavy atom. The quantitative estimate of drug-likeness (QED) is 0.895. The molecule has 0 aromatic carbocycles. The Kier molecular flexibility index (Phi) is 2.15. The van der Waals surface area contributed by atoms with E-state index >= 15 is 0 Å². The van der Waals surface area contributed by atoms with Crippen LogP contribution in [0.1, 0.15) is 68.6 Å². The van der Waals surface area contributed by atoms with Gasteiger partial charge >= 0.3 is 5.97 Å². The van der Waals surface area contributed by atoms with Crippen molar-refractivity contribution in [3.05, 3.63) is 17.8 Å². The molecular formula is C16H21NO3. The fourth-order valence-electron chi connectivity index (χ4n) is 6.48. The summed E-state index contributed by atoms with van der Waals surface area (Å²) >= 11 is 0. The van der Waals surface area contributed by atoms with E-state index < -0.39 is 5.97 Å². The molecule has 4 aliphatic carbocycles. The smallest absolute Gasteiger partial charge is 0.358 e. The van der Waals surface area contributed by atoms with Gasteiger partial charge in [0.1, 0.15) is 5.76 Å². The fraction of sp³-hybridized carbons (Fsp3) is 0.750. The van der Waals surface area contributed by atoms with Gasteiger partial charge in [0.25, 0.3) is 0 Å². The minimum absolute atomic E-state index is 0.0901. The lowest BCUT2D eigenvalue weighted by atomic mass is 9.40. The Morgan fingerprint density at radius 3 is 2.45 bits per heavy atom. The van der Waals surface area contributed by atoms with Gasteiger partial charge in [-0.25, -0.2) is 9.78 Å². The van der Waals surface area contributed by atoms with Crippen molar-refractivity contribution in [3.63, 3.8) is 0 Å². The van der Waals surface area contributed by atoms with Gasteiger partial charge in [-0.3, -0.25) is 0 Å². The van der Waals surface area contributed by atoms with Crippen LogP contribution in [0.4, 0.5) is 0 Å². The molecule has 4 fully saturated rings. The first-order valence-electron chi connectivity index (χ1n) is 7.51. The molecule has 4 saturated carbocycles. The first kappa shape index (κ1) is 12.4. The van der Waals surface area contributed by atoms with Crippen molar-refractivity contribution < 1.29 is 14.3 Å². The SMILES string of the molecule is CC12CC3CC(C)(C1)CC(c1ocnc1C(=O)O)(C3)C2. The Hall–Kier alpha value is -1.32.